The summed E-state index contributed by atoms with van der Waals surface area (Å²) in [5.41, 5.74) is 1.24. The van der Waals surface area contributed by atoms with E-state index in [4.69, 9.17) is 0 Å². The molecular formula is C15H22N2O2. The quantitative estimate of drug-likeness (QED) is 0.755. The number of carbonyl (C=O) groups is 1. The number of nitrogens with one attached hydrogen (secondary N) is 2. The molecule has 0 aromatic heterocycles. The topological polar surface area (TPSA) is 61.4 Å². The fourth-order valence-corrected chi connectivity index (χ4v) is 2.41. The number of rotatable bonds is 5. The monoisotopic (exact) mass is 262 g/mol. The molecule has 1 aromatic rings. The zero-order valence-corrected chi connectivity index (χ0v) is 11.4. The van der Waals surface area contributed by atoms with Gasteiger partial charge in [-0.2, -0.15) is 0 Å². The van der Waals surface area contributed by atoms with Gasteiger partial charge in [-0.05, 0) is 43.9 Å². The Balaban J connectivity index is 1.71. The Labute approximate surface area is 114 Å². The zero-order chi connectivity index (χ0) is 13.7. The highest BCUT2D eigenvalue weighted by Crippen LogP contribution is 2.12. The van der Waals surface area contributed by atoms with Crippen LogP contribution in [0.5, 0.6) is 5.75 Å². The SMILES string of the molecule is CC(CCc1ccc(O)cc1)NC1CCC(=O)NC1. The van der Waals surface area contributed by atoms with Crippen LogP contribution in [0.3, 0.4) is 0 Å². The van der Waals surface area contributed by atoms with Gasteiger partial charge in [0.25, 0.3) is 0 Å². The summed E-state index contributed by atoms with van der Waals surface area (Å²) in [5.74, 6) is 0.475. The lowest BCUT2D eigenvalue weighted by molar-refractivity contribution is -0.122. The van der Waals surface area contributed by atoms with Crippen molar-refractivity contribution in [2.45, 2.75) is 44.7 Å². The lowest BCUT2D eigenvalue weighted by Gasteiger charge is -2.27. The number of phenols is 1. The summed E-state index contributed by atoms with van der Waals surface area (Å²) < 4.78 is 0. The molecule has 4 heteroatoms. The van der Waals surface area contributed by atoms with E-state index in [0.29, 0.717) is 24.3 Å². The highest BCUT2D eigenvalue weighted by molar-refractivity contribution is 5.76. The van der Waals surface area contributed by atoms with Gasteiger partial charge in [0, 0.05) is 25.0 Å². The third-order valence-corrected chi connectivity index (χ3v) is 3.59. The van der Waals surface area contributed by atoms with Gasteiger partial charge in [0.1, 0.15) is 5.75 Å². The van der Waals surface area contributed by atoms with Crippen LogP contribution >= 0.6 is 0 Å². The molecule has 1 saturated heterocycles. The van der Waals surface area contributed by atoms with Crippen molar-refractivity contribution in [3.05, 3.63) is 29.8 Å². The molecule has 1 aliphatic rings. The Morgan fingerprint density at radius 3 is 2.79 bits per heavy atom. The Kier molecular flexibility index (Phi) is 4.80. The second-order valence-electron chi connectivity index (χ2n) is 5.31. The molecule has 2 unspecified atom stereocenters. The summed E-state index contributed by atoms with van der Waals surface area (Å²) in [4.78, 5) is 11.1. The molecule has 104 valence electrons. The molecule has 2 rings (SSSR count). The van der Waals surface area contributed by atoms with Gasteiger partial charge in [-0.15, -0.1) is 0 Å². The van der Waals surface area contributed by atoms with Crippen LogP contribution in [0.2, 0.25) is 0 Å². The van der Waals surface area contributed by atoms with Gasteiger partial charge < -0.3 is 15.7 Å². The maximum Gasteiger partial charge on any atom is 0.220 e. The molecule has 0 bridgehead atoms. The zero-order valence-electron chi connectivity index (χ0n) is 11.4. The van der Waals surface area contributed by atoms with Crippen molar-refractivity contribution in [2.24, 2.45) is 0 Å². The fraction of sp³-hybridized carbons (Fsp3) is 0.533. The molecule has 0 saturated carbocycles. The molecule has 1 aliphatic heterocycles. The number of phenolic OH excluding ortho intramolecular Hbond substituents is 1. The summed E-state index contributed by atoms with van der Waals surface area (Å²) in [6, 6.07) is 8.20. The molecule has 0 spiro atoms. The Hall–Kier alpha value is -1.55. The predicted molar refractivity (Wildman–Crippen MR) is 75.1 cm³/mol. The lowest BCUT2D eigenvalue weighted by atomic mass is 10.0. The van der Waals surface area contributed by atoms with Crippen molar-refractivity contribution in [1.29, 1.82) is 0 Å². The summed E-state index contributed by atoms with van der Waals surface area (Å²) in [5, 5.41) is 15.7. The predicted octanol–water partition coefficient (Wildman–Crippen LogP) is 1.58. The number of hydrogen-bond donors (Lipinski definition) is 3. The number of hydrogen-bond acceptors (Lipinski definition) is 3. The molecule has 0 radical (unpaired) electrons. The molecule has 19 heavy (non-hydrogen) atoms. The third-order valence-electron chi connectivity index (χ3n) is 3.59. The van der Waals surface area contributed by atoms with E-state index in [1.54, 1.807) is 12.1 Å². The van der Waals surface area contributed by atoms with Gasteiger partial charge in [0.05, 0.1) is 0 Å². The second kappa shape index (κ2) is 6.57. The van der Waals surface area contributed by atoms with Gasteiger partial charge >= 0.3 is 0 Å². The molecule has 0 aliphatic carbocycles. The van der Waals surface area contributed by atoms with E-state index in [1.165, 1.54) is 5.56 Å². The van der Waals surface area contributed by atoms with Crippen LogP contribution in [0, 0.1) is 0 Å². The maximum absolute atomic E-state index is 11.1. The van der Waals surface area contributed by atoms with Crippen molar-refractivity contribution in [3.63, 3.8) is 0 Å². The van der Waals surface area contributed by atoms with Crippen LogP contribution in [-0.4, -0.2) is 29.6 Å². The summed E-state index contributed by atoms with van der Waals surface area (Å²) >= 11 is 0. The van der Waals surface area contributed by atoms with Crippen LogP contribution in [0.15, 0.2) is 24.3 Å². The average molecular weight is 262 g/mol. The van der Waals surface area contributed by atoms with Crippen LogP contribution in [-0.2, 0) is 11.2 Å². The van der Waals surface area contributed by atoms with Crippen LogP contribution in [0.1, 0.15) is 31.7 Å². The first-order valence-electron chi connectivity index (χ1n) is 6.94. The molecule has 4 nitrogen and oxygen atoms in total. The summed E-state index contributed by atoms with van der Waals surface area (Å²) in [7, 11) is 0. The minimum Gasteiger partial charge on any atom is -0.508 e. The van der Waals surface area contributed by atoms with Crippen LogP contribution in [0.25, 0.3) is 0 Å². The van der Waals surface area contributed by atoms with Crippen molar-refractivity contribution >= 4 is 5.91 Å². The Morgan fingerprint density at radius 1 is 1.42 bits per heavy atom. The molecule has 1 heterocycles. The largest absolute Gasteiger partial charge is 0.508 e. The first-order valence-corrected chi connectivity index (χ1v) is 6.94. The number of aromatic hydroxyl groups is 1. The van der Waals surface area contributed by atoms with Gasteiger partial charge in [0.2, 0.25) is 5.91 Å². The lowest BCUT2D eigenvalue weighted by Crippen LogP contribution is -2.48. The Morgan fingerprint density at radius 2 is 2.16 bits per heavy atom. The highest BCUT2D eigenvalue weighted by Gasteiger charge is 2.18. The van der Waals surface area contributed by atoms with Crippen LogP contribution < -0.4 is 10.6 Å². The smallest absolute Gasteiger partial charge is 0.220 e. The molecule has 1 fully saturated rings. The second-order valence-corrected chi connectivity index (χ2v) is 5.31. The van der Waals surface area contributed by atoms with Crippen molar-refractivity contribution in [3.8, 4) is 5.75 Å². The first-order chi connectivity index (χ1) is 9.13. The molecule has 1 amide bonds. The van der Waals surface area contributed by atoms with E-state index in [2.05, 4.69) is 17.6 Å². The van der Waals surface area contributed by atoms with Gasteiger partial charge in [-0.25, -0.2) is 0 Å². The van der Waals surface area contributed by atoms with Crippen LogP contribution in [0.4, 0.5) is 0 Å². The van der Waals surface area contributed by atoms with Gasteiger partial charge in [0.15, 0.2) is 0 Å². The molecule has 1 aromatic carbocycles. The number of benzene rings is 1. The van der Waals surface area contributed by atoms with Gasteiger partial charge in [-0.1, -0.05) is 12.1 Å². The van der Waals surface area contributed by atoms with Crippen molar-refractivity contribution in [2.75, 3.05) is 6.54 Å². The molecule has 2 atom stereocenters. The molecule has 3 N–H and O–H groups in total. The highest BCUT2D eigenvalue weighted by atomic mass is 16.3. The van der Waals surface area contributed by atoms with Crippen molar-refractivity contribution in [1.82, 2.24) is 10.6 Å². The maximum atomic E-state index is 11.1. The number of aryl methyl sites for hydroxylation is 1. The minimum absolute atomic E-state index is 0.162. The van der Waals surface area contributed by atoms with E-state index < -0.39 is 0 Å². The van der Waals surface area contributed by atoms with E-state index in [1.807, 2.05) is 12.1 Å². The average Bonchev–Trinajstić information content (AvgIpc) is 2.41. The number of carbonyl (C=O) groups excluding carboxylic acids is 1. The third kappa shape index (κ3) is 4.56. The van der Waals surface area contributed by atoms with E-state index >= 15 is 0 Å². The van der Waals surface area contributed by atoms with Gasteiger partial charge in [-0.3, -0.25) is 4.79 Å². The minimum atomic E-state index is 0.162. The van der Waals surface area contributed by atoms with E-state index in [-0.39, 0.29) is 5.91 Å². The number of amides is 1. The summed E-state index contributed by atoms with van der Waals surface area (Å²) in [6.07, 6.45) is 3.60. The summed E-state index contributed by atoms with van der Waals surface area (Å²) in [6.45, 7) is 2.92. The first kappa shape index (κ1) is 13.9. The van der Waals surface area contributed by atoms with E-state index in [0.717, 1.165) is 25.8 Å². The normalized spacial score (nSPS) is 20.9. The fourth-order valence-electron chi connectivity index (χ4n) is 2.41. The standard InChI is InChI=1S/C15H22N2O2/c1-11(17-13-6-9-15(19)16-10-13)2-3-12-4-7-14(18)8-5-12/h4-5,7-8,11,13,17-18H,2-3,6,9-10H2,1H3,(H,16,19). The van der Waals surface area contributed by atoms with E-state index in [9.17, 15) is 9.90 Å². The van der Waals surface area contributed by atoms with Crippen molar-refractivity contribution < 1.29 is 9.90 Å². The Bertz CT molecular complexity index is 407. The number of piperidine rings is 1. The molecular weight excluding hydrogens is 240 g/mol.